The van der Waals surface area contributed by atoms with Crippen LogP contribution in [0, 0.1) is 0 Å². The zero-order valence-electron chi connectivity index (χ0n) is 16.3. The van der Waals surface area contributed by atoms with Crippen LogP contribution in [0.3, 0.4) is 0 Å². The summed E-state index contributed by atoms with van der Waals surface area (Å²) in [6.45, 7) is 5.75. The molecule has 0 saturated heterocycles. The molecule has 0 amide bonds. The molecule has 0 spiro atoms. The number of nitrogens with one attached hydrogen (secondary N) is 3. The maximum Gasteiger partial charge on any atom is 0.253 e. The Morgan fingerprint density at radius 3 is 2.45 bits per heavy atom. The molecule has 4 rings (SSSR count). The van der Waals surface area contributed by atoms with Crippen molar-refractivity contribution in [2.75, 3.05) is 16.0 Å². The van der Waals surface area contributed by atoms with Gasteiger partial charge in [-0.15, -0.1) is 0 Å². The predicted octanol–water partition coefficient (Wildman–Crippen LogP) is 3.32. The number of anilines is 5. The summed E-state index contributed by atoms with van der Waals surface area (Å²) in [4.78, 5) is 36.8. The fourth-order valence-electron chi connectivity index (χ4n) is 2.90. The average molecular weight is 388 g/mol. The summed E-state index contributed by atoms with van der Waals surface area (Å²) in [5.74, 6) is 0.774. The number of hydrogen-bond acceptors (Lipinski definition) is 8. The lowest BCUT2D eigenvalue weighted by molar-refractivity contribution is 0.632. The van der Waals surface area contributed by atoms with Crippen molar-refractivity contribution in [1.82, 2.24) is 15.0 Å². The molecule has 0 atom stereocenters. The minimum atomic E-state index is -0.563. The first-order valence-electron chi connectivity index (χ1n) is 9.13. The molecule has 146 valence electrons. The molecule has 29 heavy (non-hydrogen) atoms. The molecule has 3 N–H and O–H groups in total. The summed E-state index contributed by atoms with van der Waals surface area (Å²) in [6.07, 6.45) is 3.32. The van der Waals surface area contributed by atoms with Crippen LogP contribution in [0.4, 0.5) is 28.8 Å². The third-order valence-corrected chi connectivity index (χ3v) is 4.18. The maximum absolute atomic E-state index is 12.0. The van der Waals surface area contributed by atoms with Crippen LogP contribution < -0.4 is 26.8 Å². The minimum absolute atomic E-state index is 0.214. The van der Waals surface area contributed by atoms with E-state index in [0.29, 0.717) is 11.8 Å². The van der Waals surface area contributed by atoms with E-state index >= 15 is 0 Å². The number of rotatable bonds is 5. The number of hydrogen-bond donors (Lipinski definition) is 3. The monoisotopic (exact) mass is 388 g/mol. The third-order valence-electron chi connectivity index (χ3n) is 4.18. The number of benzene rings is 1. The molecule has 0 aliphatic rings. The van der Waals surface area contributed by atoms with Gasteiger partial charge in [-0.3, -0.25) is 14.6 Å². The van der Waals surface area contributed by atoms with Crippen LogP contribution in [-0.2, 0) is 0 Å². The van der Waals surface area contributed by atoms with Gasteiger partial charge in [-0.25, -0.2) is 4.98 Å². The molecule has 0 saturated carbocycles. The lowest BCUT2D eigenvalue weighted by atomic mass is 10.1. The molecule has 8 nitrogen and oxygen atoms in total. The summed E-state index contributed by atoms with van der Waals surface area (Å²) in [7, 11) is 0. The Balaban J connectivity index is 1.56. The van der Waals surface area contributed by atoms with Gasteiger partial charge in [0.25, 0.3) is 10.9 Å². The number of fused-ring (bicyclic) bond motifs is 1. The molecular formula is C21H20N6O2. The standard InChI is InChI=1S/C21H20N6O2/c1-21(2,3)27-17-16(18(28)19(17)29)25-15-8-10-23-20(26-15)24-13-6-7-14-12(11-13)5-4-9-22-14/h4-11,27H,1-3H3,(H2,23,24,25,26). The van der Waals surface area contributed by atoms with E-state index in [1.807, 2.05) is 51.1 Å². The van der Waals surface area contributed by atoms with Crippen molar-refractivity contribution in [1.29, 1.82) is 0 Å². The summed E-state index contributed by atoms with van der Waals surface area (Å²) in [5, 5.41) is 10.1. The molecule has 2 heterocycles. The van der Waals surface area contributed by atoms with Gasteiger partial charge in [0, 0.05) is 29.0 Å². The van der Waals surface area contributed by atoms with E-state index in [0.717, 1.165) is 16.6 Å². The van der Waals surface area contributed by atoms with E-state index in [1.165, 1.54) is 0 Å². The summed E-state index contributed by atoms with van der Waals surface area (Å²) >= 11 is 0. The van der Waals surface area contributed by atoms with Crippen LogP contribution in [-0.4, -0.2) is 20.5 Å². The Kier molecular flexibility index (Phi) is 4.46. The van der Waals surface area contributed by atoms with Gasteiger partial charge in [-0.2, -0.15) is 4.98 Å². The molecule has 4 aromatic rings. The van der Waals surface area contributed by atoms with Crippen molar-refractivity contribution < 1.29 is 0 Å². The van der Waals surface area contributed by atoms with Crippen molar-refractivity contribution in [3.8, 4) is 0 Å². The van der Waals surface area contributed by atoms with Gasteiger partial charge in [0.05, 0.1) is 5.52 Å². The second-order valence-electron chi connectivity index (χ2n) is 7.71. The van der Waals surface area contributed by atoms with Gasteiger partial charge in [0.2, 0.25) is 5.95 Å². The Morgan fingerprint density at radius 1 is 0.862 bits per heavy atom. The lowest BCUT2D eigenvalue weighted by Crippen LogP contribution is -2.41. The van der Waals surface area contributed by atoms with E-state index in [1.54, 1.807) is 18.5 Å². The van der Waals surface area contributed by atoms with Crippen LogP contribution >= 0.6 is 0 Å². The molecule has 0 aliphatic heterocycles. The Morgan fingerprint density at radius 2 is 1.66 bits per heavy atom. The van der Waals surface area contributed by atoms with Gasteiger partial charge >= 0.3 is 0 Å². The Bertz CT molecular complexity index is 1270. The van der Waals surface area contributed by atoms with Gasteiger partial charge in [-0.1, -0.05) is 6.07 Å². The second-order valence-corrected chi connectivity index (χ2v) is 7.71. The summed E-state index contributed by atoms with van der Waals surface area (Å²) < 4.78 is 0. The highest BCUT2D eigenvalue weighted by molar-refractivity contribution is 5.83. The van der Waals surface area contributed by atoms with Crippen molar-refractivity contribution in [2.24, 2.45) is 0 Å². The zero-order valence-corrected chi connectivity index (χ0v) is 16.3. The van der Waals surface area contributed by atoms with Crippen LogP contribution in [0.25, 0.3) is 10.9 Å². The quantitative estimate of drug-likeness (QED) is 0.447. The normalized spacial score (nSPS) is 11.6. The van der Waals surface area contributed by atoms with Crippen LogP contribution in [0.5, 0.6) is 0 Å². The van der Waals surface area contributed by atoms with E-state index in [4.69, 9.17) is 0 Å². The SMILES string of the molecule is CC(C)(C)Nc1c(Nc2ccnc(Nc3ccc4ncccc4c3)n2)c(=O)c1=O. The molecule has 0 aliphatic carbocycles. The van der Waals surface area contributed by atoms with Crippen LogP contribution in [0.2, 0.25) is 0 Å². The molecule has 2 aromatic carbocycles. The fourth-order valence-corrected chi connectivity index (χ4v) is 2.90. The van der Waals surface area contributed by atoms with Crippen LogP contribution in [0.1, 0.15) is 20.8 Å². The summed E-state index contributed by atoms with van der Waals surface area (Å²) in [6, 6.07) is 11.2. The third kappa shape index (κ3) is 3.91. The van der Waals surface area contributed by atoms with Gasteiger partial charge in [-0.05, 0) is 51.1 Å². The van der Waals surface area contributed by atoms with Crippen molar-refractivity contribution >= 4 is 39.7 Å². The molecule has 2 aromatic heterocycles. The van der Waals surface area contributed by atoms with Gasteiger partial charge in [0.15, 0.2) is 0 Å². The fraction of sp³-hybridized carbons (Fsp3) is 0.190. The van der Waals surface area contributed by atoms with Crippen molar-refractivity contribution in [3.05, 3.63) is 69.2 Å². The molecule has 0 bridgehead atoms. The highest BCUT2D eigenvalue weighted by atomic mass is 16.2. The van der Waals surface area contributed by atoms with Crippen molar-refractivity contribution in [3.63, 3.8) is 0 Å². The number of aromatic nitrogens is 3. The molecule has 0 radical (unpaired) electrons. The number of pyridine rings is 1. The first kappa shape index (κ1) is 18.5. The molecule has 0 fully saturated rings. The smallest absolute Gasteiger partial charge is 0.253 e. The van der Waals surface area contributed by atoms with Crippen LogP contribution in [0.15, 0.2) is 58.4 Å². The average Bonchev–Trinajstić information content (AvgIpc) is 2.70. The largest absolute Gasteiger partial charge is 0.375 e. The van der Waals surface area contributed by atoms with E-state index in [-0.39, 0.29) is 16.9 Å². The van der Waals surface area contributed by atoms with E-state index in [2.05, 4.69) is 30.9 Å². The zero-order chi connectivity index (χ0) is 20.6. The second kappa shape index (κ2) is 6.97. The Hall–Kier alpha value is -3.81. The lowest BCUT2D eigenvalue weighted by Gasteiger charge is -2.24. The maximum atomic E-state index is 12.0. The highest BCUT2D eigenvalue weighted by Gasteiger charge is 2.25. The first-order chi connectivity index (χ1) is 13.8. The first-order valence-corrected chi connectivity index (χ1v) is 9.13. The molecule has 0 unspecified atom stereocenters. The highest BCUT2D eigenvalue weighted by Crippen LogP contribution is 2.24. The molecule has 8 heteroatoms. The summed E-state index contributed by atoms with van der Waals surface area (Å²) in [5.41, 5.74) is 0.762. The molecular weight excluding hydrogens is 368 g/mol. The van der Waals surface area contributed by atoms with E-state index in [9.17, 15) is 9.59 Å². The minimum Gasteiger partial charge on any atom is -0.375 e. The van der Waals surface area contributed by atoms with Gasteiger partial charge in [0.1, 0.15) is 17.2 Å². The topological polar surface area (TPSA) is 109 Å². The van der Waals surface area contributed by atoms with Crippen molar-refractivity contribution in [2.45, 2.75) is 26.3 Å². The number of nitrogens with zero attached hydrogens (tertiary/aromatic N) is 3. The predicted molar refractivity (Wildman–Crippen MR) is 115 cm³/mol. The van der Waals surface area contributed by atoms with E-state index < -0.39 is 10.9 Å². The van der Waals surface area contributed by atoms with Gasteiger partial charge < -0.3 is 16.0 Å². The Labute approximate surface area is 166 Å².